The first-order valence-electron chi connectivity index (χ1n) is 6.48. The molecule has 3 rings (SSSR count). The summed E-state index contributed by atoms with van der Waals surface area (Å²) in [4.78, 5) is 8.86. The summed E-state index contributed by atoms with van der Waals surface area (Å²) < 4.78 is 1.86. The van der Waals surface area contributed by atoms with Gasteiger partial charge in [-0.1, -0.05) is 13.8 Å². The molecule has 0 unspecified atom stereocenters. The molecule has 1 saturated carbocycles. The lowest BCUT2D eigenvalue weighted by molar-refractivity contribution is 0.565. The fraction of sp³-hybridized carbons (Fsp3) is 0.545. The van der Waals surface area contributed by atoms with Crippen LogP contribution in [0.1, 0.15) is 44.5 Å². The van der Waals surface area contributed by atoms with Crippen LogP contribution in [0.25, 0.3) is 0 Å². The van der Waals surface area contributed by atoms with Crippen molar-refractivity contribution in [2.45, 2.75) is 48.8 Å². The Hall–Kier alpha value is -1.74. The molecule has 0 atom stereocenters. The molecule has 2 aromatic rings. The largest absolute Gasteiger partial charge is 0.308 e. The van der Waals surface area contributed by atoms with Crippen molar-refractivity contribution in [3.63, 3.8) is 0 Å². The van der Waals surface area contributed by atoms with Gasteiger partial charge in [-0.05, 0) is 35.0 Å². The summed E-state index contributed by atoms with van der Waals surface area (Å²) >= 11 is 1.43. The predicted molar refractivity (Wildman–Crippen MR) is 74.1 cm³/mol. The van der Waals surface area contributed by atoms with Crippen molar-refractivity contribution in [3.05, 3.63) is 11.9 Å². The maximum atomic E-state index is 5.45. The topological polar surface area (TPSA) is 107 Å². The van der Waals surface area contributed by atoms with Gasteiger partial charge in [-0.3, -0.25) is 0 Å². The quantitative estimate of drug-likeness (QED) is 0.483. The molecule has 2 aromatic heterocycles. The van der Waals surface area contributed by atoms with E-state index in [1.54, 1.807) is 6.07 Å². The molecule has 3 N–H and O–H groups in total. The fourth-order valence-electron chi connectivity index (χ4n) is 1.72. The van der Waals surface area contributed by atoms with E-state index < -0.39 is 0 Å². The Balaban J connectivity index is 1.89. The number of nitrogens with zero attached hydrogens (tertiary/aromatic N) is 6. The zero-order valence-corrected chi connectivity index (χ0v) is 12.1. The van der Waals surface area contributed by atoms with Gasteiger partial charge in [0.15, 0.2) is 0 Å². The van der Waals surface area contributed by atoms with Gasteiger partial charge in [-0.2, -0.15) is 0 Å². The van der Waals surface area contributed by atoms with E-state index in [-0.39, 0.29) is 5.92 Å². The second kappa shape index (κ2) is 5.33. The molecular formula is C11H16N8S. The van der Waals surface area contributed by atoms with E-state index in [0.29, 0.717) is 11.9 Å². The summed E-state index contributed by atoms with van der Waals surface area (Å²) in [6, 6.07) is 2.23. The zero-order valence-electron chi connectivity index (χ0n) is 11.3. The van der Waals surface area contributed by atoms with Crippen LogP contribution < -0.4 is 11.3 Å². The molecule has 106 valence electrons. The standard InChI is InChI=1S/C11H16N8S/c1-6(2)10-13-8(15-12)5-9(14-10)20-11-16-17-18-19(11)7-3-4-7/h5-7H,3-4,12H2,1-2H3,(H,13,14,15). The first-order chi connectivity index (χ1) is 9.67. The first kappa shape index (κ1) is 13.3. The Morgan fingerprint density at radius 1 is 1.40 bits per heavy atom. The van der Waals surface area contributed by atoms with E-state index in [0.717, 1.165) is 28.8 Å². The number of hydrogen-bond donors (Lipinski definition) is 2. The van der Waals surface area contributed by atoms with Crippen LogP contribution in [-0.2, 0) is 0 Å². The van der Waals surface area contributed by atoms with Gasteiger partial charge in [0.2, 0.25) is 5.16 Å². The first-order valence-corrected chi connectivity index (χ1v) is 7.30. The van der Waals surface area contributed by atoms with E-state index in [1.165, 1.54) is 11.8 Å². The number of hydrazine groups is 1. The highest BCUT2D eigenvalue weighted by molar-refractivity contribution is 7.99. The summed E-state index contributed by atoms with van der Waals surface area (Å²) in [7, 11) is 0. The Labute approximate surface area is 120 Å². The highest BCUT2D eigenvalue weighted by Gasteiger charge is 2.28. The van der Waals surface area contributed by atoms with Gasteiger partial charge in [0, 0.05) is 12.0 Å². The number of nitrogen functional groups attached to an aromatic ring is 1. The fourth-order valence-corrected chi connectivity index (χ4v) is 2.57. The average Bonchev–Trinajstić information content (AvgIpc) is 3.19. The number of aromatic nitrogens is 6. The lowest BCUT2D eigenvalue weighted by Gasteiger charge is -2.09. The third-order valence-corrected chi connectivity index (χ3v) is 3.80. The smallest absolute Gasteiger partial charge is 0.215 e. The molecule has 0 radical (unpaired) electrons. The van der Waals surface area contributed by atoms with E-state index in [9.17, 15) is 0 Å². The van der Waals surface area contributed by atoms with Gasteiger partial charge in [0.25, 0.3) is 0 Å². The van der Waals surface area contributed by atoms with Crippen molar-refractivity contribution in [1.29, 1.82) is 0 Å². The molecule has 20 heavy (non-hydrogen) atoms. The van der Waals surface area contributed by atoms with E-state index in [4.69, 9.17) is 5.84 Å². The van der Waals surface area contributed by atoms with Crippen molar-refractivity contribution in [2.75, 3.05) is 5.43 Å². The minimum atomic E-state index is 0.224. The lowest BCUT2D eigenvalue weighted by Crippen LogP contribution is -2.11. The Kier molecular flexibility index (Phi) is 3.53. The molecule has 2 heterocycles. The van der Waals surface area contributed by atoms with E-state index >= 15 is 0 Å². The predicted octanol–water partition coefficient (Wildman–Crippen LogP) is 1.36. The van der Waals surface area contributed by atoms with Crippen LogP contribution in [-0.4, -0.2) is 30.2 Å². The Bertz CT molecular complexity index is 606. The summed E-state index contributed by atoms with van der Waals surface area (Å²) in [5.74, 6) is 7.02. The van der Waals surface area contributed by atoms with Gasteiger partial charge in [0.05, 0.1) is 6.04 Å². The highest BCUT2D eigenvalue weighted by Crippen LogP contribution is 2.37. The van der Waals surface area contributed by atoms with Crippen molar-refractivity contribution in [2.24, 2.45) is 5.84 Å². The lowest BCUT2D eigenvalue weighted by atomic mass is 10.2. The minimum absolute atomic E-state index is 0.224. The van der Waals surface area contributed by atoms with Crippen molar-refractivity contribution < 1.29 is 0 Å². The van der Waals surface area contributed by atoms with Crippen LogP contribution in [0.3, 0.4) is 0 Å². The van der Waals surface area contributed by atoms with Crippen LogP contribution in [0.15, 0.2) is 16.2 Å². The summed E-state index contributed by atoms with van der Waals surface area (Å²) in [6.45, 7) is 4.08. The van der Waals surface area contributed by atoms with Crippen molar-refractivity contribution >= 4 is 17.6 Å². The van der Waals surface area contributed by atoms with Gasteiger partial charge in [-0.25, -0.2) is 20.5 Å². The molecule has 1 fully saturated rings. The Morgan fingerprint density at radius 2 is 2.20 bits per heavy atom. The number of nitrogens with two attached hydrogens (primary N) is 1. The second-order valence-electron chi connectivity index (χ2n) is 4.99. The number of nitrogens with one attached hydrogen (secondary N) is 1. The monoisotopic (exact) mass is 292 g/mol. The zero-order chi connectivity index (χ0) is 14.1. The van der Waals surface area contributed by atoms with Gasteiger partial charge < -0.3 is 5.43 Å². The van der Waals surface area contributed by atoms with Crippen LogP contribution in [0, 0.1) is 0 Å². The molecule has 1 aliphatic carbocycles. The van der Waals surface area contributed by atoms with E-state index in [2.05, 4.69) is 30.9 Å². The Morgan fingerprint density at radius 3 is 2.85 bits per heavy atom. The summed E-state index contributed by atoms with van der Waals surface area (Å²) in [6.07, 6.45) is 2.27. The average molecular weight is 292 g/mol. The van der Waals surface area contributed by atoms with Crippen LogP contribution in [0.2, 0.25) is 0 Å². The molecule has 0 aliphatic heterocycles. The molecule has 0 bridgehead atoms. The normalized spacial score (nSPS) is 14.8. The molecule has 0 saturated heterocycles. The van der Waals surface area contributed by atoms with Gasteiger partial charge >= 0.3 is 0 Å². The minimum Gasteiger partial charge on any atom is -0.308 e. The van der Waals surface area contributed by atoms with Crippen LogP contribution in [0.5, 0.6) is 0 Å². The molecule has 0 amide bonds. The third kappa shape index (κ3) is 2.73. The van der Waals surface area contributed by atoms with Gasteiger partial charge in [0.1, 0.15) is 16.7 Å². The molecule has 8 nitrogen and oxygen atoms in total. The van der Waals surface area contributed by atoms with Crippen molar-refractivity contribution in [3.8, 4) is 0 Å². The van der Waals surface area contributed by atoms with Gasteiger partial charge in [-0.15, -0.1) is 5.10 Å². The molecular weight excluding hydrogens is 276 g/mol. The maximum absolute atomic E-state index is 5.45. The molecule has 0 aromatic carbocycles. The second-order valence-corrected chi connectivity index (χ2v) is 5.98. The molecule has 1 aliphatic rings. The SMILES string of the molecule is CC(C)c1nc(NN)cc(Sc2nnnn2C2CC2)n1. The number of tetrazole rings is 1. The summed E-state index contributed by atoms with van der Waals surface area (Å²) in [5, 5.41) is 13.4. The number of rotatable bonds is 5. The van der Waals surface area contributed by atoms with E-state index in [1.807, 2.05) is 18.5 Å². The summed E-state index contributed by atoms with van der Waals surface area (Å²) in [5.41, 5.74) is 2.57. The van der Waals surface area contributed by atoms with Crippen LogP contribution in [0.4, 0.5) is 5.82 Å². The highest BCUT2D eigenvalue weighted by atomic mass is 32.2. The van der Waals surface area contributed by atoms with Crippen molar-refractivity contribution in [1.82, 2.24) is 30.2 Å². The maximum Gasteiger partial charge on any atom is 0.215 e. The number of hydrogen-bond acceptors (Lipinski definition) is 8. The number of anilines is 1. The molecule has 0 spiro atoms. The third-order valence-electron chi connectivity index (χ3n) is 2.94. The van der Waals surface area contributed by atoms with Crippen LogP contribution >= 0.6 is 11.8 Å². The molecule has 9 heteroatoms.